The predicted octanol–water partition coefficient (Wildman–Crippen LogP) is 0.242. The van der Waals surface area contributed by atoms with Crippen LogP contribution in [-0.4, -0.2) is 98.3 Å². The maximum atomic E-state index is 11.4. The molecule has 1 aliphatic heterocycles. The molecule has 1 atom stereocenters. The van der Waals surface area contributed by atoms with Gasteiger partial charge in [0, 0.05) is 46.3 Å². The number of nitrogens with zero attached hydrogens (tertiary/aromatic N) is 3. The third-order valence-electron chi connectivity index (χ3n) is 4.87. The van der Waals surface area contributed by atoms with E-state index in [-0.39, 0.29) is 12.5 Å². The summed E-state index contributed by atoms with van der Waals surface area (Å²) in [6, 6.07) is 7.81. The number of hydrogen-bond acceptors (Lipinski definition) is 6. The second-order valence-electron chi connectivity index (χ2n) is 7.19. The fourth-order valence-electron chi connectivity index (χ4n) is 3.26. The lowest BCUT2D eigenvalue weighted by atomic mass is 10.2. The summed E-state index contributed by atoms with van der Waals surface area (Å²) in [6.45, 7) is 9.34. The summed E-state index contributed by atoms with van der Waals surface area (Å²) in [5.74, 6) is 0.739. The molecule has 0 bridgehead atoms. The molecular weight excluding hydrogens is 344 g/mol. The van der Waals surface area contributed by atoms with Crippen LogP contribution in [-0.2, 0) is 11.3 Å². The summed E-state index contributed by atoms with van der Waals surface area (Å²) in [6.07, 6.45) is -0.502. The van der Waals surface area contributed by atoms with Crippen LogP contribution in [0, 0.1) is 0 Å². The zero-order valence-corrected chi connectivity index (χ0v) is 16.9. The molecule has 1 aromatic carbocycles. The highest BCUT2D eigenvalue weighted by atomic mass is 16.5. The molecule has 0 unspecified atom stereocenters. The van der Waals surface area contributed by atoms with E-state index < -0.39 is 6.10 Å². The number of aliphatic hydroxyl groups excluding tert-OH is 1. The van der Waals surface area contributed by atoms with Crippen LogP contribution < -0.4 is 10.1 Å². The first kappa shape index (κ1) is 21.6. The van der Waals surface area contributed by atoms with Gasteiger partial charge in [0.2, 0.25) is 5.91 Å². The summed E-state index contributed by atoms with van der Waals surface area (Å²) >= 11 is 0. The summed E-state index contributed by atoms with van der Waals surface area (Å²) < 4.78 is 5.79. The lowest BCUT2D eigenvalue weighted by Gasteiger charge is -2.34. The van der Waals surface area contributed by atoms with E-state index in [1.807, 2.05) is 36.2 Å². The highest BCUT2D eigenvalue weighted by Gasteiger charge is 2.18. The van der Waals surface area contributed by atoms with E-state index >= 15 is 0 Å². The normalized spacial score (nSPS) is 17.1. The number of piperazine rings is 1. The second-order valence-corrected chi connectivity index (χ2v) is 7.19. The Morgan fingerprint density at radius 3 is 2.67 bits per heavy atom. The van der Waals surface area contributed by atoms with Crippen LogP contribution in [0.3, 0.4) is 0 Å². The zero-order chi connectivity index (χ0) is 19.6. The molecule has 0 radical (unpaired) electrons. The van der Waals surface area contributed by atoms with E-state index in [1.54, 1.807) is 7.05 Å². The van der Waals surface area contributed by atoms with Crippen molar-refractivity contribution >= 4 is 5.91 Å². The van der Waals surface area contributed by atoms with Crippen molar-refractivity contribution in [2.45, 2.75) is 19.6 Å². The van der Waals surface area contributed by atoms with Gasteiger partial charge in [-0.15, -0.1) is 0 Å². The number of hydrogen-bond donors (Lipinski definition) is 2. The van der Waals surface area contributed by atoms with Crippen LogP contribution in [0.1, 0.15) is 12.5 Å². The fraction of sp³-hybridized carbons (Fsp3) is 0.650. The molecule has 0 aliphatic carbocycles. The van der Waals surface area contributed by atoms with Gasteiger partial charge in [-0.25, -0.2) is 0 Å². The van der Waals surface area contributed by atoms with Crippen molar-refractivity contribution in [3.63, 3.8) is 0 Å². The molecule has 1 aliphatic rings. The topological polar surface area (TPSA) is 68.3 Å². The molecule has 1 fully saturated rings. The largest absolute Gasteiger partial charge is 0.491 e. The second kappa shape index (κ2) is 11.2. The van der Waals surface area contributed by atoms with Crippen LogP contribution in [0.4, 0.5) is 0 Å². The SMILES string of the molecule is CCN1CCN(C[C@@H](O)COc2cccc(CN(C)CC(=O)NC)c2)CC1. The first-order valence-electron chi connectivity index (χ1n) is 9.73. The highest BCUT2D eigenvalue weighted by molar-refractivity contribution is 5.77. The van der Waals surface area contributed by atoms with Gasteiger partial charge in [0.15, 0.2) is 0 Å². The smallest absolute Gasteiger partial charge is 0.233 e. The quantitative estimate of drug-likeness (QED) is 0.608. The lowest BCUT2D eigenvalue weighted by Crippen LogP contribution is -2.49. The van der Waals surface area contributed by atoms with Crippen molar-refractivity contribution in [2.24, 2.45) is 0 Å². The van der Waals surface area contributed by atoms with E-state index in [0.29, 0.717) is 19.6 Å². The molecule has 2 N–H and O–H groups in total. The van der Waals surface area contributed by atoms with Gasteiger partial charge in [0.25, 0.3) is 0 Å². The Labute approximate surface area is 162 Å². The van der Waals surface area contributed by atoms with Gasteiger partial charge in [-0.05, 0) is 31.3 Å². The minimum atomic E-state index is -0.502. The van der Waals surface area contributed by atoms with Gasteiger partial charge in [0.05, 0.1) is 6.54 Å². The molecule has 7 heteroatoms. The highest BCUT2D eigenvalue weighted by Crippen LogP contribution is 2.15. The number of ether oxygens (including phenoxy) is 1. The predicted molar refractivity (Wildman–Crippen MR) is 107 cm³/mol. The maximum absolute atomic E-state index is 11.4. The average Bonchev–Trinajstić information content (AvgIpc) is 2.67. The number of β-amino-alcohol motifs (C(OH)–C–C–N with tert-alkyl or cyclic N) is 1. The van der Waals surface area contributed by atoms with E-state index in [0.717, 1.165) is 44.0 Å². The van der Waals surface area contributed by atoms with Gasteiger partial charge >= 0.3 is 0 Å². The molecule has 0 aromatic heterocycles. The molecule has 0 saturated carbocycles. The van der Waals surface area contributed by atoms with E-state index in [4.69, 9.17) is 4.74 Å². The number of rotatable bonds is 10. The van der Waals surface area contributed by atoms with Gasteiger partial charge in [-0.1, -0.05) is 19.1 Å². The van der Waals surface area contributed by atoms with Crippen molar-refractivity contribution < 1.29 is 14.6 Å². The number of likely N-dealkylation sites (N-methyl/N-ethyl adjacent to an activating group) is 3. The standard InChI is InChI=1S/C20H34N4O3/c1-4-23-8-10-24(11-9-23)14-18(25)16-27-19-7-5-6-17(12-19)13-22(3)15-20(26)21-2/h5-7,12,18,25H,4,8-11,13-16H2,1-3H3,(H,21,26)/t18-/m1/s1. The van der Waals surface area contributed by atoms with E-state index in [1.165, 1.54) is 0 Å². The van der Waals surface area contributed by atoms with Crippen LogP contribution in [0.15, 0.2) is 24.3 Å². The molecule has 1 heterocycles. The monoisotopic (exact) mass is 378 g/mol. The molecule has 0 spiro atoms. The summed E-state index contributed by atoms with van der Waals surface area (Å²) in [7, 11) is 3.55. The average molecular weight is 379 g/mol. The van der Waals surface area contributed by atoms with Crippen LogP contribution in [0.5, 0.6) is 5.75 Å². The summed E-state index contributed by atoms with van der Waals surface area (Å²) in [5.41, 5.74) is 1.07. The summed E-state index contributed by atoms with van der Waals surface area (Å²) in [5, 5.41) is 12.9. The van der Waals surface area contributed by atoms with E-state index in [2.05, 4.69) is 22.0 Å². The molecule has 1 saturated heterocycles. The van der Waals surface area contributed by atoms with Crippen LogP contribution in [0.25, 0.3) is 0 Å². The van der Waals surface area contributed by atoms with Crippen molar-refractivity contribution in [3.05, 3.63) is 29.8 Å². The van der Waals surface area contributed by atoms with Gasteiger partial charge in [-0.3, -0.25) is 14.6 Å². The van der Waals surface area contributed by atoms with Crippen molar-refractivity contribution in [2.75, 3.05) is 66.5 Å². The van der Waals surface area contributed by atoms with Gasteiger partial charge < -0.3 is 20.1 Å². The third kappa shape index (κ3) is 7.84. The molecular formula is C20H34N4O3. The minimum absolute atomic E-state index is 0.00667. The van der Waals surface area contributed by atoms with Crippen molar-refractivity contribution in [1.29, 1.82) is 0 Å². The lowest BCUT2D eigenvalue weighted by molar-refractivity contribution is -0.121. The van der Waals surface area contributed by atoms with E-state index in [9.17, 15) is 9.90 Å². The molecule has 2 rings (SSSR count). The maximum Gasteiger partial charge on any atom is 0.233 e. The molecule has 27 heavy (non-hydrogen) atoms. The Bertz CT molecular complexity index is 576. The van der Waals surface area contributed by atoms with Crippen molar-refractivity contribution in [1.82, 2.24) is 20.0 Å². The number of carbonyl (C=O) groups excluding carboxylic acids is 1. The van der Waals surface area contributed by atoms with Gasteiger partial charge in [0.1, 0.15) is 18.5 Å². The summed E-state index contributed by atoms with van der Waals surface area (Å²) in [4.78, 5) is 18.1. The fourth-order valence-corrected chi connectivity index (χ4v) is 3.26. The van der Waals surface area contributed by atoms with Gasteiger partial charge in [-0.2, -0.15) is 0 Å². The van der Waals surface area contributed by atoms with Crippen LogP contribution in [0.2, 0.25) is 0 Å². The van der Waals surface area contributed by atoms with Crippen molar-refractivity contribution in [3.8, 4) is 5.75 Å². The third-order valence-corrected chi connectivity index (χ3v) is 4.87. The first-order chi connectivity index (χ1) is 13.0. The Kier molecular flexibility index (Phi) is 9.00. The molecule has 7 nitrogen and oxygen atoms in total. The Balaban J connectivity index is 1.74. The molecule has 1 aromatic rings. The minimum Gasteiger partial charge on any atom is -0.491 e. The zero-order valence-electron chi connectivity index (χ0n) is 16.9. The number of amides is 1. The number of carbonyl (C=O) groups is 1. The first-order valence-corrected chi connectivity index (χ1v) is 9.73. The number of benzene rings is 1. The number of nitrogens with one attached hydrogen (secondary N) is 1. The van der Waals surface area contributed by atoms with Crippen LogP contribution >= 0.6 is 0 Å². The molecule has 1 amide bonds. The number of aliphatic hydroxyl groups is 1. The Morgan fingerprint density at radius 2 is 2.00 bits per heavy atom. The Morgan fingerprint density at radius 1 is 1.30 bits per heavy atom. The molecule has 152 valence electrons. The Hall–Kier alpha value is -1.67.